The number of aliphatic imine (C=N–C) groups is 1. The number of hydrogen-bond acceptors (Lipinski definition) is 3. The molecule has 0 amide bonds. The molecule has 0 radical (unpaired) electrons. The number of carboxylic acids is 1. The van der Waals surface area contributed by atoms with E-state index in [4.69, 9.17) is 21.3 Å². The largest absolute Gasteiger partial charge is 0.489 e. The van der Waals surface area contributed by atoms with Crippen LogP contribution in [0.25, 0.3) is 0 Å². The van der Waals surface area contributed by atoms with Gasteiger partial charge in [0.2, 0.25) is 0 Å². The Bertz CT molecular complexity index is 812. The van der Waals surface area contributed by atoms with Gasteiger partial charge in [-0.25, -0.2) is 4.99 Å². The average molecular weight is 353 g/mol. The summed E-state index contributed by atoms with van der Waals surface area (Å²) in [6.07, 6.45) is 2.89. The molecule has 26 heavy (non-hydrogen) atoms. The van der Waals surface area contributed by atoms with Crippen LogP contribution >= 0.6 is 0 Å². The summed E-state index contributed by atoms with van der Waals surface area (Å²) >= 11 is 0. The van der Waals surface area contributed by atoms with E-state index in [0.29, 0.717) is 12.3 Å². The fourth-order valence-corrected chi connectivity index (χ4v) is 3.30. The van der Waals surface area contributed by atoms with Crippen LogP contribution in [0.2, 0.25) is 0 Å². The van der Waals surface area contributed by atoms with Crippen LogP contribution in [0, 0.1) is 5.92 Å². The van der Waals surface area contributed by atoms with E-state index < -0.39 is 5.97 Å². The first-order valence-corrected chi connectivity index (χ1v) is 8.64. The highest BCUT2D eigenvalue weighted by Gasteiger charge is 2.21. The molecule has 1 atom stereocenters. The van der Waals surface area contributed by atoms with Crippen LogP contribution in [-0.4, -0.2) is 17.0 Å². The number of benzene rings is 2. The van der Waals surface area contributed by atoms with Gasteiger partial charge >= 0.3 is 5.97 Å². The Labute approximate surface area is 152 Å². The summed E-state index contributed by atoms with van der Waals surface area (Å²) in [5.41, 5.74) is 14.9. The van der Waals surface area contributed by atoms with E-state index in [-0.39, 0.29) is 18.3 Å². The lowest BCUT2D eigenvalue weighted by Gasteiger charge is -2.24. The third-order valence-electron chi connectivity index (χ3n) is 4.57. The van der Waals surface area contributed by atoms with Gasteiger partial charge in [0.15, 0.2) is 5.96 Å². The van der Waals surface area contributed by atoms with E-state index in [1.807, 2.05) is 36.4 Å². The number of aryl methyl sites for hydroxylation is 1. The zero-order chi connectivity index (χ0) is 18.5. The number of carboxylic acid groups (broad SMARTS) is 1. The molecule has 2 aromatic rings. The van der Waals surface area contributed by atoms with Crippen molar-refractivity contribution in [2.24, 2.45) is 22.4 Å². The highest BCUT2D eigenvalue weighted by Crippen LogP contribution is 2.30. The van der Waals surface area contributed by atoms with Gasteiger partial charge in [0.05, 0.1) is 5.69 Å². The fourth-order valence-electron chi connectivity index (χ4n) is 3.30. The first-order valence-electron chi connectivity index (χ1n) is 8.64. The van der Waals surface area contributed by atoms with E-state index in [9.17, 15) is 4.79 Å². The minimum absolute atomic E-state index is 0.0317. The molecule has 0 saturated heterocycles. The zero-order valence-electron chi connectivity index (χ0n) is 14.5. The second-order valence-corrected chi connectivity index (χ2v) is 6.63. The van der Waals surface area contributed by atoms with Gasteiger partial charge in [-0.2, -0.15) is 0 Å². The van der Waals surface area contributed by atoms with Crippen LogP contribution in [-0.2, 0) is 24.2 Å². The number of rotatable bonds is 6. The lowest BCUT2D eigenvalue weighted by atomic mass is 9.82. The van der Waals surface area contributed by atoms with E-state index in [0.717, 1.165) is 30.6 Å². The molecular formula is C20H23N3O3. The van der Waals surface area contributed by atoms with Crippen molar-refractivity contribution in [3.63, 3.8) is 0 Å². The number of aliphatic carboxylic acids is 1. The van der Waals surface area contributed by atoms with E-state index in [2.05, 4.69) is 11.1 Å². The van der Waals surface area contributed by atoms with Gasteiger partial charge in [-0.1, -0.05) is 18.2 Å². The van der Waals surface area contributed by atoms with E-state index in [1.165, 1.54) is 11.1 Å². The van der Waals surface area contributed by atoms with Crippen molar-refractivity contribution >= 4 is 17.6 Å². The molecule has 2 aromatic carbocycles. The topological polar surface area (TPSA) is 111 Å². The van der Waals surface area contributed by atoms with Gasteiger partial charge in [0, 0.05) is 6.42 Å². The molecule has 5 N–H and O–H groups in total. The quantitative estimate of drug-likeness (QED) is 0.546. The second-order valence-electron chi connectivity index (χ2n) is 6.63. The lowest BCUT2D eigenvalue weighted by molar-refractivity contribution is -0.138. The standard InChI is InChI=1S/C20H23N3O3/c21-20(22)23-17-6-2-13(3-7-17)12-26-18-8-5-15-4-1-14(10-19(24)25)9-16(15)11-18/h2-3,5-8,11,14H,1,4,9-10,12H2,(H,24,25)(H4,21,22,23). The number of nitrogens with two attached hydrogens (primary N) is 2. The third kappa shape index (κ3) is 4.75. The van der Waals surface area contributed by atoms with Crippen molar-refractivity contribution in [3.05, 3.63) is 59.2 Å². The van der Waals surface area contributed by atoms with Gasteiger partial charge in [-0.05, 0) is 66.1 Å². The molecule has 0 spiro atoms. The molecule has 0 saturated carbocycles. The average Bonchev–Trinajstić information content (AvgIpc) is 2.60. The van der Waals surface area contributed by atoms with Crippen molar-refractivity contribution < 1.29 is 14.6 Å². The normalized spacial score (nSPS) is 15.8. The summed E-state index contributed by atoms with van der Waals surface area (Å²) < 4.78 is 5.89. The summed E-state index contributed by atoms with van der Waals surface area (Å²) in [7, 11) is 0. The molecule has 0 heterocycles. The van der Waals surface area contributed by atoms with E-state index in [1.54, 1.807) is 0 Å². The Hall–Kier alpha value is -3.02. The molecular weight excluding hydrogens is 330 g/mol. The molecule has 1 unspecified atom stereocenters. The predicted octanol–water partition coefficient (Wildman–Crippen LogP) is 2.75. The number of ether oxygens (including phenoxy) is 1. The van der Waals surface area contributed by atoms with Gasteiger partial charge in [-0.3, -0.25) is 4.79 Å². The summed E-state index contributed by atoms with van der Waals surface area (Å²) in [6, 6.07) is 13.6. The third-order valence-corrected chi connectivity index (χ3v) is 4.57. The Morgan fingerprint density at radius 1 is 1.15 bits per heavy atom. The number of carbonyl (C=O) groups is 1. The molecule has 0 bridgehead atoms. The minimum atomic E-state index is -0.727. The van der Waals surface area contributed by atoms with Crippen molar-refractivity contribution in [1.29, 1.82) is 0 Å². The SMILES string of the molecule is NC(N)=Nc1ccc(COc2ccc3c(c2)CC(CC(=O)O)CC3)cc1. The van der Waals surface area contributed by atoms with Crippen molar-refractivity contribution in [2.75, 3.05) is 0 Å². The summed E-state index contributed by atoms with van der Waals surface area (Å²) in [5.74, 6) is 0.311. The lowest BCUT2D eigenvalue weighted by Crippen LogP contribution is -2.21. The number of hydrogen-bond donors (Lipinski definition) is 3. The van der Waals surface area contributed by atoms with E-state index >= 15 is 0 Å². The van der Waals surface area contributed by atoms with Gasteiger partial charge in [-0.15, -0.1) is 0 Å². The number of nitrogens with zero attached hydrogens (tertiary/aromatic N) is 1. The highest BCUT2D eigenvalue weighted by atomic mass is 16.5. The first kappa shape index (κ1) is 17.8. The molecule has 136 valence electrons. The number of guanidine groups is 1. The van der Waals surface area contributed by atoms with Crippen molar-refractivity contribution in [1.82, 2.24) is 0 Å². The van der Waals surface area contributed by atoms with Crippen LogP contribution in [0.4, 0.5) is 5.69 Å². The molecule has 6 nitrogen and oxygen atoms in total. The maximum atomic E-state index is 10.9. The van der Waals surface area contributed by atoms with Crippen LogP contribution in [0.3, 0.4) is 0 Å². The zero-order valence-corrected chi connectivity index (χ0v) is 14.5. The molecule has 1 aliphatic carbocycles. The molecule has 6 heteroatoms. The van der Waals surface area contributed by atoms with Gasteiger partial charge in [0.1, 0.15) is 12.4 Å². The minimum Gasteiger partial charge on any atom is -0.489 e. The van der Waals surface area contributed by atoms with Gasteiger partial charge < -0.3 is 21.3 Å². The maximum Gasteiger partial charge on any atom is 0.303 e. The second kappa shape index (κ2) is 7.91. The first-order chi connectivity index (χ1) is 12.5. The Morgan fingerprint density at radius 2 is 1.92 bits per heavy atom. The predicted molar refractivity (Wildman–Crippen MR) is 100 cm³/mol. The fraction of sp³-hybridized carbons (Fsp3) is 0.300. The molecule has 0 aliphatic heterocycles. The van der Waals surface area contributed by atoms with Crippen LogP contribution in [0.5, 0.6) is 5.75 Å². The summed E-state index contributed by atoms with van der Waals surface area (Å²) in [4.78, 5) is 14.9. The Balaban J connectivity index is 1.62. The number of fused-ring (bicyclic) bond motifs is 1. The summed E-state index contributed by atoms with van der Waals surface area (Å²) in [5, 5.41) is 9.00. The monoisotopic (exact) mass is 353 g/mol. The van der Waals surface area contributed by atoms with Crippen molar-refractivity contribution in [3.8, 4) is 5.75 Å². The molecule has 3 rings (SSSR count). The smallest absolute Gasteiger partial charge is 0.303 e. The highest BCUT2D eigenvalue weighted by molar-refractivity contribution is 5.78. The molecule has 0 fully saturated rings. The Morgan fingerprint density at radius 3 is 2.62 bits per heavy atom. The van der Waals surface area contributed by atoms with Gasteiger partial charge in [0.25, 0.3) is 0 Å². The molecule has 1 aliphatic rings. The maximum absolute atomic E-state index is 10.9. The van der Waals surface area contributed by atoms with Crippen LogP contribution < -0.4 is 16.2 Å². The molecule has 0 aromatic heterocycles. The van der Waals surface area contributed by atoms with Crippen LogP contribution in [0.15, 0.2) is 47.5 Å². The summed E-state index contributed by atoms with van der Waals surface area (Å²) in [6.45, 7) is 0.444. The van der Waals surface area contributed by atoms with Crippen LogP contribution in [0.1, 0.15) is 29.5 Å². The Kier molecular flexibility index (Phi) is 5.41. The van der Waals surface area contributed by atoms with Crippen molar-refractivity contribution in [2.45, 2.75) is 32.3 Å².